The van der Waals surface area contributed by atoms with Crippen LogP contribution < -0.4 is 16.4 Å². The maximum atomic E-state index is 12.3. The lowest BCUT2D eigenvalue weighted by molar-refractivity contribution is -0.173. The van der Waals surface area contributed by atoms with E-state index in [0.717, 1.165) is 0 Å². The summed E-state index contributed by atoms with van der Waals surface area (Å²) in [7, 11) is 0. The van der Waals surface area contributed by atoms with Crippen molar-refractivity contribution in [1.29, 1.82) is 0 Å². The molecule has 0 bridgehead atoms. The quantitative estimate of drug-likeness (QED) is 0.132. The summed E-state index contributed by atoms with van der Waals surface area (Å²) in [5.74, 6) is -2.14. The zero-order valence-electron chi connectivity index (χ0n) is 15.1. The minimum absolute atomic E-state index is 0.00769. The van der Waals surface area contributed by atoms with Crippen molar-refractivity contribution in [3.8, 4) is 0 Å². The van der Waals surface area contributed by atoms with Crippen LogP contribution in [0.3, 0.4) is 0 Å². The van der Waals surface area contributed by atoms with Gasteiger partial charge in [-0.05, 0) is 32.6 Å². The predicted molar refractivity (Wildman–Crippen MR) is 90.0 cm³/mol. The first-order valence-electron chi connectivity index (χ1n) is 8.62. The lowest BCUT2D eigenvalue weighted by Crippen LogP contribution is -2.60. The molecule has 0 aromatic carbocycles. The number of rotatable bonds is 10. The fourth-order valence-corrected chi connectivity index (χ4v) is 2.58. The summed E-state index contributed by atoms with van der Waals surface area (Å²) in [6.07, 6.45) is 0.166. The zero-order chi connectivity index (χ0) is 20.6. The van der Waals surface area contributed by atoms with Crippen molar-refractivity contribution in [2.75, 3.05) is 13.1 Å². The molecular weight excluding hydrogens is 362 g/mol. The molecule has 0 spiro atoms. The van der Waals surface area contributed by atoms with Gasteiger partial charge >= 0.3 is 0 Å². The van der Waals surface area contributed by atoms with Crippen molar-refractivity contribution in [2.45, 2.75) is 56.8 Å². The summed E-state index contributed by atoms with van der Waals surface area (Å²) < 4.78 is 0. The van der Waals surface area contributed by atoms with Crippen molar-refractivity contribution in [3.63, 3.8) is 0 Å². The molecule has 4 amide bonds. The second-order valence-electron chi connectivity index (χ2n) is 6.41. The minimum atomic E-state index is -1.34. The second-order valence-corrected chi connectivity index (χ2v) is 6.41. The number of amides is 4. The Labute approximate surface area is 156 Å². The van der Waals surface area contributed by atoms with Gasteiger partial charge in [0.2, 0.25) is 18.2 Å². The number of nitrogens with two attached hydrogens (primary N) is 1. The predicted octanol–water partition coefficient (Wildman–Crippen LogP) is -2.70. The van der Waals surface area contributed by atoms with E-state index in [-0.39, 0.29) is 32.3 Å². The third-order valence-electron chi connectivity index (χ3n) is 4.16. The molecule has 1 aliphatic rings. The Morgan fingerprint density at radius 2 is 2.11 bits per heavy atom. The van der Waals surface area contributed by atoms with Crippen LogP contribution in [0.5, 0.6) is 0 Å². The van der Waals surface area contributed by atoms with Crippen LogP contribution in [0.2, 0.25) is 0 Å². The number of hydrogen-bond acceptors (Lipinski definition) is 8. The number of carbonyl (C=O) groups excluding carboxylic acids is 4. The summed E-state index contributed by atoms with van der Waals surface area (Å²) in [6, 6.07) is -3.31. The summed E-state index contributed by atoms with van der Waals surface area (Å²) >= 11 is 0. The van der Waals surface area contributed by atoms with E-state index in [2.05, 4.69) is 10.6 Å². The average molecular weight is 389 g/mol. The van der Waals surface area contributed by atoms with Crippen molar-refractivity contribution in [3.05, 3.63) is 0 Å². The van der Waals surface area contributed by atoms with Crippen LogP contribution in [0.15, 0.2) is 0 Å². The van der Waals surface area contributed by atoms with Crippen molar-refractivity contribution in [2.24, 2.45) is 5.73 Å². The third kappa shape index (κ3) is 7.09. The SMILES string of the molecule is C[C@@H](O)[C@@H](NC(=O)[C@H](N)CCCN(O)C=O)C(=O)N[C@H]1CCCN(O)C1=O. The molecule has 1 saturated heterocycles. The van der Waals surface area contributed by atoms with Gasteiger partial charge in [0.25, 0.3) is 5.91 Å². The van der Waals surface area contributed by atoms with Gasteiger partial charge < -0.3 is 21.5 Å². The van der Waals surface area contributed by atoms with Crippen LogP contribution in [-0.4, -0.2) is 87.1 Å². The Morgan fingerprint density at radius 1 is 1.44 bits per heavy atom. The number of hydrogen-bond donors (Lipinski definition) is 6. The average Bonchev–Trinajstić information content (AvgIpc) is 2.62. The molecule has 1 fully saturated rings. The van der Waals surface area contributed by atoms with E-state index in [1.54, 1.807) is 0 Å². The number of nitrogens with one attached hydrogen (secondary N) is 2. The number of piperidine rings is 1. The first-order chi connectivity index (χ1) is 12.7. The van der Waals surface area contributed by atoms with Crippen LogP contribution >= 0.6 is 0 Å². The van der Waals surface area contributed by atoms with Gasteiger partial charge in [0.1, 0.15) is 12.1 Å². The van der Waals surface area contributed by atoms with E-state index >= 15 is 0 Å². The van der Waals surface area contributed by atoms with Crippen LogP contribution in [0.1, 0.15) is 32.6 Å². The van der Waals surface area contributed by atoms with Crippen molar-refractivity contribution in [1.82, 2.24) is 20.8 Å². The van der Waals surface area contributed by atoms with Gasteiger partial charge in [-0.1, -0.05) is 0 Å². The van der Waals surface area contributed by atoms with Gasteiger partial charge in [0.05, 0.1) is 12.1 Å². The third-order valence-corrected chi connectivity index (χ3v) is 4.16. The molecule has 0 saturated carbocycles. The van der Waals surface area contributed by atoms with Crippen LogP contribution in [-0.2, 0) is 19.2 Å². The second kappa shape index (κ2) is 10.8. The fraction of sp³-hybridized carbons (Fsp3) is 0.733. The molecule has 1 rings (SSSR count). The van der Waals surface area contributed by atoms with Crippen molar-refractivity contribution < 1.29 is 34.7 Å². The summed E-state index contributed by atoms with van der Waals surface area (Å²) in [6.45, 7) is 1.46. The highest BCUT2D eigenvalue weighted by Crippen LogP contribution is 2.10. The monoisotopic (exact) mass is 389 g/mol. The number of aliphatic hydroxyl groups is 1. The lowest BCUT2D eigenvalue weighted by atomic mass is 10.0. The molecule has 12 heteroatoms. The first kappa shape index (κ1) is 22.8. The number of nitrogens with zero attached hydrogens (tertiary/aromatic N) is 2. The number of hydroxylamine groups is 4. The molecule has 1 aliphatic heterocycles. The topological polar surface area (TPSA) is 186 Å². The summed E-state index contributed by atoms with van der Waals surface area (Å²) in [5, 5.41) is 33.9. The lowest BCUT2D eigenvalue weighted by Gasteiger charge is -2.30. The van der Waals surface area contributed by atoms with Gasteiger partial charge in [-0.2, -0.15) is 0 Å². The Morgan fingerprint density at radius 3 is 2.70 bits per heavy atom. The molecule has 7 N–H and O–H groups in total. The molecule has 0 aromatic heterocycles. The van der Waals surface area contributed by atoms with E-state index < -0.39 is 42.0 Å². The van der Waals surface area contributed by atoms with Crippen LogP contribution in [0, 0.1) is 0 Å². The molecule has 0 aliphatic carbocycles. The molecule has 0 aromatic rings. The van der Waals surface area contributed by atoms with Crippen molar-refractivity contribution >= 4 is 24.1 Å². The number of aliphatic hydroxyl groups excluding tert-OH is 1. The maximum Gasteiger partial charge on any atom is 0.268 e. The molecule has 1 heterocycles. The molecule has 4 atom stereocenters. The Bertz CT molecular complexity index is 545. The highest BCUT2D eigenvalue weighted by molar-refractivity contribution is 5.93. The molecule has 0 radical (unpaired) electrons. The molecular formula is C15H27N5O7. The Hall–Kier alpha value is -2.28. The van der Waals surface area contributed by atoms with Crippen LogP contribution in [0.25, 0.3) is 0 Å². The van der Waals surface area contributed by atoms with E-state index in [1.165, 1.54) is 6.92 Å². The van der Waals surface area contributed by atoms with E-state index in [1.807, 2.05) is 0 Å². The van der Waals surface area contributed by atoms with Gasteiger partial charge in [-0.15, -0.1) is 0 Å². The summed E-state index contributed by atoms with van der Waals surface area (Å²) in [4.78, 5) is 46.6. The summed E-state index contributed by atoms with van der Waals surface area (Å²) in [5.41, 5.74) is 5.71. The maximum absolute atomic E-state index is 12.3. The molecule has 27 heavy (non-hydrogen) atoms. The van der Waals surface area contributed by atoms with E-state index in [4.69, 9.17) is 10.9 Å². The molecule has 0 unspecified atom stereocenters. The van der Waals surface area contributed by atoms with E-state index in [0.29, 0.717) is 23.0 Å². The zero-order valence-corrected chi connectivity index (χ0v) is 15.1. The van der Waals surface area contributed by atoms with Crippen LogP contribution in [0.4, 0.5) is 0 Å². The Kier molecular flexibility index (Phi) is 9.08. The highest BCUT2D eigenvalue weighted by atomic mass is 16.5. The van der Waals surface area contributed by atoms with Gasteiger partial charge in [-0.3, -0.25) is 29.6 Å². The number of carbonyl (C=O) groups is 4. The normalized spacial score (nSPS) is 20.4. The molecule has 154 valence electrons. The highest BCUT2D eigenvalue weighted by Gasteiger charge is 2.33. The largest absolute Gasteiger partial charge is 0.391 e. The Balaban J connectivity index is 2.58. The van der Waals surface area contributed by atoms with Gasteiger partial charge in [-0.25, -0.2) is 10.1 Å². The minimum Gasteiger partial charge on any atom is -0.391 e. The molecule has 12 nitrogen and oxygen atoms in total. The smallest absolute Gasteiger partial charge is 0.268 e. The van der Waals surface area contributed by atoms with Gasteiger partial charge in [0, 0.05) is 13.1 Å². The first-order valence-corrected chi connectivity index (χ1v) is 8.62. The standard InChI is InChI=1S/C15H27N5O7/c1-9(22)12(14(24)17-11-5-3-7-20(27)15(11)25)18-13(23)10(16)4-2-6-19(26)8-21/h8-12,22,26-27H,2-7,16H2,1H3,(H,17,24)(H,18,23)/t9-,10-,11+,12-/m1/s1. The van der Waals surface area contributed by atoms with E-state index in [9.17, 15) is 29.5 Å². The fourth-order valence-electron chi connectivity index (χ4n) is 2.58. The van der Waals surface area contributed by atoms with Gasteiger partial charge in [0.15, 0.2) is 0 Å².